The van der Waals surface area contributed by atoms with E-state index in [-0.39, 0.29) is 16.2 Å². The van der Waals surface area contributed by atoms with Crippen LogP contribution in [0.1, 0.15) is 46.0 Å². The van der Waals surface area contributed by atoms with Gasteiger partial charge >= 0.3 is 6.18 Å². The fraction of sp³-hybridized carbons (Fsp3) is 0.476. The van der Waals surface area contributed by atoms with E-state index in [0.717, 1.165) is 28.9 Å². The summed E-state index contributed by atoms with van der Waals surface area (Å²) in [6, 6.07) is 0. The Labute approximate surface area is 167 Å². The lowest BCUT2D eigenvalue weighted by atomic mass is 10.1. The third kappa shape index (κ3) is 4.57. The summed E-state index contributed by atoms with van der Waals surface area (Å²) in [4.78, 5) is 4.49. The van der Waals surface area contributed by atoms with Crippen LogP contribution >= 0.6 is 10.5 Å². The Morgan fingerprint density at radius 1 is 1.11 bits per heavy atom. The van der Waals surface area contributed by atoms with E-state index in [2.05, 4.69) is 35.4 Å². The number of alkyl halides is 3. The number of rotatable bonds is 6. The van der Waals surface area contributed by atoms with E-state index in [4.69, 9.17) is 0 Å². The Balaban J connectivity index is 1.92. The van der Waals surface area contributed by atoms with E-state index in [1.807, 2.05) is 24.9 Å². The lowest BCUT2D eigenvalue weighted by Gasteiger charge is -2.28. The molecule has 152 valence electrons. The molecule has 3 nitrogen and oxygen atoms in total. The molecule has 1 atom stereocenters. The molecule has 0 saturated carbocycles. The van der Waals surface area contributed by atoms with Gasteiger partial charge < -0.3 is 4.90 Å². The van der Waals surface area contributed by atoms with Gasteiger partial charge in [-0.2, -0.15) is 13.2 Å². The number of allylic oxidation sites excluding steroid dienone is 6. The molecule has 0 aliphatic carbocycles. The molecule has 0 aromatic heterocycles. The second kappa shape index (κ2) is 8.64. The number of hydrogen-bond acceptors (Lipinski definition) is 3. The summed E-state index contributed by atoms with van der Waals surface area (Å²) in [5.41, 5.74) is 0.982. The van der Waals surface area contributed by atoms with Gasteiger partial charge in [0.25, 0.3) is 0 Å². The highest BCUT2D eigenvalue weighted by molar-refractivity contribution is 8.20. The highest BCUT2D eigenvalue weighted by Crippen LogP contribution is 2.40. The second-order valence-corrected chi connectivity index (χ2v) is 9.24. The first-order valence-corrected chi connectivity index (χ1v) is 11.0. The molecule has 0 amide bonds. The van der Waals surface area contributed by atoms with Crippen molar-refractivity contribution in [3.05, 3.63) is 58.1 Å². The summed E-state index contributed by atoms with van der Waals surface area (Å²) in [7, 11) is 1.82. The number of halogens is 3. The molecule has 1 unspecified atom stereocenters. The van der Waals surface area contributed by atoms with Gasteiger partial charge in [-0.25, -0.2) is 0 Å². The van der Waals surface area contributed by atoms with Crippen molar-refractivity contribution in [3.8, 4) is 0 Å². The minimum atomic E-state index is -4.48. The monoisotopic (exact) mass is 409 g/mol. The summed E-state index contributed by atoms with van der Waals surface area (Å²) < 4.78 is 38.8. The van der Waals surface area contributed by atoms with Crippen LogP contribution in [0, 0.1) is 0 Å². The molecule has 0 spiro atoms. The van der Waals surface area contributed by atoms with Crippen molar-refractivity contribution in [1.82, 2.24) is 4.90 Å². The summed E-state index contributed by atoms with van der Waals surface area (Å²) in [5.74, 6) is 0.968. The number of likely N-dealkylation sites (N-methyl/N-ethyl adjacent to an activating group) is 1. The maximum Gasteiger partial charge on any atom is 0.435 e. The van der Waals surface area contributed by atoms with Crippen LogP contribution in [0.5, 0.6) is 0 Å². The molecule has 0 aromatic rings. The summed E-state index contributed by atoms with van der Waals surface area (Å²) in [6.07, 6.45) is 11.1. The largest absolute Gasteiger partial charge is 0.435 e. The average molecular weight is 410 g/mol. The smallest absolute Gasteiger partial charge is 0.347 e. The fourth-order valence-corrected chi connectivity index (χ4v) is 5.57. The van der Waals surface area contributed by atoms with E-state index in [9.17, 15) is 13.2 Å². The van der Waals surface area contributed by atoms with Crippen LogP contribution in [-0.4, -0.2) is 28.7 Å². The zero-order valence-corrected chi connectivity index (χ0v) is 17.3. The number of hydrogen-bond donors (Lipinski definition) is 0. The van der Waals surface area contributed by atoms with E-state index >= 15 is 0 Å². The standard InChI is InChI=1S/C21H26F3N3S/c1-4-5-6-7-9-16-10-8-11-28(16)17-12-15(2)27(3)19(13-17)18-14-20(26-25-18)21(22,23)24/h8,10,12-14H,4-7,9,11H2,1-3H3. The second-order valence-electron chi connectivity index (χ2n) is 7.13. The molecule has 3 rings (SSSR count). The van der Waals surface area contributed by atoms with Gasteiger partial charge in [0.1, 0.15) is 5.70 Å². The van der Waals surface area contributed by atoms with Gasteiger partial charge in [-0.3, -0.25) is 0 Å². The SMILES string of the molecule is CCCCCCC1=S(C2=CC(=C3C=C(C(F)(F)F)N=N3)N(C)C(C)=C2)CC=C1. The fourth-order valence-electron chi connectivity index (χ4n) is 3.36. The minimum Gasteiger partial charge on any atom is -0.347 e. The molecule has 3 aliphatic heterocycles. The van der Waals surface area contributed by atoms with Crippen molar-refractivity contribution in [1.29, 1.82) is 0 Å². The topological polar surface area (TPSA) is 28.0 Å². The normalized spacial score (nSPS) is 24.8. The molecular weight excluding hydrogens is 383 g/mol. The highest BCUT2D eigenvalue weighted by Gasteiger charge is 2.37. The average Bonchev–Trinajstić information content (AvgIpc) is 3.30. The Morgan fingerprint density at radius 2 is 1.89 bits per heavy atom. The Hall–Kier alpha value is -1.89. The zero-order chi connectivity index (χ0) is 20.3. The lowest BCUT2D eigenvalue weighted by Crippen LogP contribution is -2.19. The third-order valence-electron chi connectivity index (χ3n) is 5.06. The molecule has 0 saturated heterocycles. The van der Waals surface area contributed by atoms with Crippen molar-refractivity contribution in [2.75, 3.05) is 12.8 Å². The summed E-state index contributed by atoms with van der Waals surface area (Å²) >= 11 is 0. The zero-order valence-electron chi connectivity index (χ0n) is 16.5. The summed E-state index contributed by atoms with van der Waals surface area (Å²) in [6.45, 7) is 4.18. The molecule has 3 heterocycles. The van der Waals surface area contributed by atoms with E-state index in [1.54, 1.807) is 0 Å². The Morgan fingerprint density at radius 3 is 2.57 bits per heavy atom. The van der Waals surface area contributed by atoms with Crippen molar-refractivity contribution in [2.24, 2.45) is 10.2 Å². The Kier molecular flexibility index (Phi) is 6.43. The van der Waals surface area contributed by atoms with E-state index in [0.29, 0.717) is 5.70 Å². The number of azo groups is 1. The number of nitrogens with zero attached hydrogens (tertiary/aromatic N) is 3. The van der Waals surface area contributed by atoms with Gasteiger partial charge in [-0.15, -0.1) is 20.7 Å². The van der Waals surface area contributed by atoms with E-state index in [1.165, 1.54) is 30.5 Å². The first kappa shape index (κ1) is 20.8. The third-order valence-corrected chi connectivity index (χ3v) is 7.36. The molecule has 0 radical (unpaired) electrons. The van der Waals surface area contributed by atoms with Crippen LogP contribution in [0.25, 0.3) is 0 Å². The molecule has 3 aliphatic rings. The van der Waals surface area contributed by atoms with Gasteiger partial charge in [0.05, 0.1) is 5.70 Å². The predicted molar refractivity (Wildman–Crippen MR) is 111 cm³/mol. The van der Waals surface area contributed by atoms with Crippen LogP contribution in [0.15, 0.2) is 68.3 Å². The molecule has 0 aromatic carbocycles. The molecule has 0 fully saturated rings. The van der Waals surface area contributed by atoms with Crippen LogP contribution < -0.4 is 0 Å². The van der Waals surface area contributed by atoms with Gasteiger partial charge in [-0.1, -0.05) is 38.3 Å². The van der Waals surface area contributed by atoms with Crippen molar-refractivity contribution in [3.63, 3.8) is 0 Å². The quantitative estimate of drug-likeness (QED) is 0.349. The van der Waals surface area contributed by atoms with Crippen molar-refractivity contribution >= 4 is 15.3 Å². The summed E-state index contributed by atoms with van der Waals surface area (Å²) in [5, 5.41) is 7.13. The van der Waals surface area contributed by atoms with Gasteiger partial charge in [0, 0.05) is 29.5 Å². The predicted octanol–water partition coefficient (Wildman–Crippen LogP) is 6.82. The molecule has 0 bridgehead atoms. The van der Waals surface area contributed by atoms with E-state index < -0.39 is 11.9 Å². The Bertz CT molecular complexity index is 855. The van der Waals surface area contributed by atoms with Crippen molar-refractivity contribution < 1.29 is 13.2 Å². The van der Waals surface area contributed by atoms with Crippen molar-refractivity contribution in [2.45, 2.75) is 52.1 Å². The first-order valence-electron chi connectivity index (χ1n) is 9.63. The number of unbranched alkanes of at least 4 members (excludes halogenated alkanes) is 3. The maximum atomic E-state index is 12.9. The van der Waals surface area contributed by atoms with Crippen LogP contribution in [0.4, 0.5) is 13.2 Å². The minimum absolute atomic E-state index is 0.0250. The molecule has 28 heavy (non-hydrogen) atoms. The van der Waals surface area contributed by atoms with Gasteiger partial charge in [0.15, 0.2) is 5.70 Å². The molecular formula is C21H26F3N3S. The van der Waals surface area contributed by atoms with Crippen LogP contribution in [-0.2, 0) is 0 Å². The first-order chi connectivity index (χ1) is 13.3. The van der Waals surface area contributed by atoms with Crippen LogP contribution in [0.2, 0.25) is 0 Å². The van der Waals surface area contributed by atoms with Crippen LogP contribution in [0.3, 0.4) is 0 Å². The van der Waals surface area contributed by atoms with Gasteiger partial charge in [0.2, 0.25) is 0 Å². The lowest BCUT2D eigenvalue weighted by molar-refractivity contribution is -0.0924. The molecule has 7 heteroatoms. The molecule has 0 N–H and O–H groups in total. The maximum absolute atomic E-state index is 12.9. The highest BCUT2D eigenvalue weighted by atomic mass is 32.2. The van der Waals surface area contributed by atoms with Gasteiger partial charge in [-0.05, 0) is 36.8 Å².